The molecule has 0 spiro atoms. The second-order valence-electron chi connectivity index (χ2n) is 5.53. The van der Waals surface area contributed by atoms with Gasteiger partial charge in [-0.1, -0.05) is 12.1 Å². The van der Waals surface area contributed by atoms with Crippen molar-refractivity contribution < 1.29 is 14.3 Å². The minimum Gasteiger partial charge on any atom is -0.488 e. The number of nitrogens with one attached hydrogen (secondary N) is 1. The number of aromatic nitrogens is 2. The van der Waals surface area contributed by atoms with Crippen LogP contribution >= 0.6 is 11.3 Å². The van der Waals surface area contributed by atoms with E-state index in [4.69, 9.17) is 10.5 Å². The van der Waals surface area contributed by atoms with Crippen LogP contribution in [0.25, 0.3) is 0 Å². The summed E-state index contributed by atoms with van der Waals surface area (Å²) in [6, 6.07) is 12.6. The van der Waals surface area contributed by atoms with E-state index in [1.807, 2.05) is 23.6 Å². The molecule has 0 fully saturated rings. The molecule has 0 saturated heterocycles. The minimum atomic E-state index is -0.398. The predicted molar refractivity (Wildman–Crippen MR) is 99.1 cm³/mol. The van der Waals surface area contributed by atoms with Crippen LogP contribution in [0.15, 0.2) is 54.0 Å². The summed E-state index contributed by atoms with van der Waals surface area (Å²) in [7, 11) is 0. The Morgan fingerprint density at radius 1 is 1.23 bits per heavy atom. The molecule has 2 heterocycles. The summed E-state index contributed by atoms with van der Waals surface area (Å²) in [6.45, 7) is 0.838. The number of carbonyl (C=O) groups excluding carboxylic acids is 2. The van der Waals surface area contributed by atoms with Crippen molar-refractivity contribution in [3.8, 4) is 5.75 Å². The number of thiophene rings is 1. The number of hydrogen-bond acceptors (Lipinski definition) is 5. The van der Waals surface area contributed by atoms with Crippen molar-refractivity contribution in [3.63, 3.8) is 0 Å². The fourth-order valence-corrected chi connectivity index (χ4v) is 2.86. The Bertz CT molecular complexity index is 889. The number of anilines is 1. The fourth-order valence-electron chi connectivity index (χ4n) is 2.24. The maximum Gasteiger partial charge on any atom is 0.256 e. The topological polar surface area (TPSA) is 99.2 Å². The van der Waals surface area contributed by atoms with Gasteiger partial charge in [-0.15, -0.1) is 11.3 Å². The molecule has 3 aromatic rings. The van der Waals surface area contributed by atoms with Crippen molar-refractivity contribution in [1.82, 2.24) is 9.78 Å². The molecule has 134 valence electrons. The molecule has 0 aliphatic rings. The first-order valence-electron chi connectivity index (χ1n) is 7.98. The Morgan fingerprint density at radius 2 is 2.12 bits per heavy atom. The average Bonchev–Trinajstić information content (AvgIpc) is 3.30. The van der Waals surface area contributed by atoms with E-state index in [2.05, 4.69) is 10.4 Å². The van der Waals surface area contributed by atoms with Gasteiger partial charge in [0.25, 0.3) is 5.91 Å². The van der Waals surface area contributed by atoms with Crippen molar-refractivity contribution in [1.29, 1.82) is 0 Å². The first-order chi connectivity index (χ1) is 12.6. The van der Waals surface area contributed by atoms with Crippen LogP contribution in [0.2, 0.25) is 0 Å². The summed E-state index contributed by atoms with van der Waals surface area (Å²) < 4.78 is 7.27. The Morgan fingerprint density at radius 3 is 2.88 bits per heavy atom. The Balaban J connectivity index is 1.59. The summed E-state index contributed by atoms with van der Waals surface area (Å²) in [5.41, 5.74) is 5.59. The third kappa shape index (κ3) is 4.93. The lowest BCUT2D eigenvalue weighted by Gasteiger charge is -2.07. The summed E-state index contributed by atoms with van der Waals surface area (Å²) in [4.78, 5) is 24.3. The van der Waals surface area contributed by atoms with E-state index in [1.165, 1.54) is 0 Å². The van der Waals surface area contributed by atoms with Gasteiger partial charge in [0.05, 0.1) is 0 Å². The van der Waals surface area contributed by atoms with Gasteiger partial charge in [-0.25, -0.2) is 0 Å². The molecular formula is C18H18N4O3S. The molecule has 3 N–H and O–H groups in total. The molecule has 2 aromatic heterocycles. The normalized spacial score (nSPS) is 10.5. The molecule has 26 heavy (non-hydrogen) atoms. The van der Waals surface area contributed by atoms with Crippen LogP contribution in [0.1, 0.15) is 21.7 Å². The monoisotopic (exact) mass is 370 g/mol. The molecule has 0 saturated carbocycles. The van der Waals surface area contributed by atoms with Gasteiger partial charge in [0, 0.05) is 35.7 Å². The van der Waals surface area contributed by atoms with Crippen molar-refractivity contribution in [2.45, 2.75) is 19.6 Å². The second-order valence-corrected chi connectivity index (χ2v) is 6.56. The summed E-state index contributed by atoms with van der Waals surface area (Å²) in [6.07, 6.45) is 1.87. The zero-order valence-corrected chi connectivity index (χ0v) is 14.7. The van der Waals surface area contributed by atoms with Gasteiger partial charge >= 0.3 is 0 Å². The zero-order chi connectivity index (χ0) is 18.4. The molecule has 0 radical (unpaired) electrons. The summed E-state index contributed by atoms with van der Waals surface area (Å²) in [5, 5.41) is 8.90. The molecule has 3 rings (SSSR count). The van der Waals surface area contributed by atoms with Crippen molar-refractivity contribution in [2.75, 3.05) is 5.32 Å². The zero-order valence-electron chi connectivity index (χ0n) is 13.9. The highest BCUT2D eigenvalue weighted by Crippen LogP contribution is 2.18. The van der Waals surface area contributed by atoms with Crippen molar-refractivity contribution in [2.24, 2.45) is 5.73 Å². The first kappa shape index (κ1) is 17.7. The Kier molecular flexibility index (Phi) is 5.65. The SMILES string of the molecule is NC(=O)CCn1ccc(NC(=O)c2cccc(OCc3cccs3)c2)n1. The van der Waals surface area contributed by atoms with E-state index in [9.17, 15) is 9.59 Å². The number of nitrogens with zero attached hydrogens (tertiary/aromatic N) is 2. The standard InChI is InChI=1S/C18H18N4O3S/c19-16(23)6-8-22-9-7-17(21-22)20-18(24)13-3-1-4-14(11-13)25-12-15-5-2-10-26-15/h1-5,7,9-11H,6,8,12H2,(H2,19,23)(H,20,21,24). The number of hydrogen-bond donors (Lipinski definition) is 2. The van der Waals surface area contributed by atoms with Gasteiger partial charge in [-0.3, -0.25) is 14.3 Å². The number of amides is 2. The van der Waals surface area contributed by atoms with Crippen LogP contribution in [0.5, 0.6) is 5.75 Å². The van der Waals surface area contributed by atoms with E-state index in [-0.39, 0.29) is 12.3 Å². The summed E-state index contributed by atoms with van der Waals surface area (Å²) in [5.74, 6) is 0.347. The second kappa shape index (κ2) is 8.30. The molecule has 2 amide bonds. The molecule has 0 aliphatic carbocycles. The lowest BCUT2D eigenvalue weighted by atomic mass is 10.2. The van der Waals surface area contributed by atoms with Crippen LogP contribution in [-0.4, -0.2) is 21.6 Å². The van der Waals surface area contributed by atoms with Gasteiger partial charge < -0.3 is 15.8 Å². The largest absolute Gasteiger partial charge is 0.488 e. The quantitative estimate of drug-likeness (QED) is 0.637. The Hall–Kier alpha value is -3.13. The number of aryl methyl sites for hydroxylation is 1. The smallest absolute Gasteiger partial charge is 0.256 e. The highest BCUT2D eigenvalue weighted by atomic mass is 32.1. The van der Waals surface area contributed by atoms with Gasteiger partial charge in [0.15, 0.2) is 5.82 Å². The fraction of sp³-hybridized carbons (Fsp3) is 0.167. The van der Waals surface area contributed by atoms with Crippen LogP contribution in [-0.2, 0) is 17.9 Å². The minimum absolute atomic E-state index is 0.193. The van der Waals surface area contributed by atoms with Gasteiger partial charge in [0.2, 0.25) is 5.91 Å². The molecule has 0 bridgehead atoms. The molecule has 1 aromatic carbocycles. The number of nitrogens with two attached hydrogens (primary N) is 1. The lowest BCUT2D eigenvalue weighted by Crippen LogP contribution is -2.15. The molecule has 8 heteroatoms. The van der Waals surface area contributed by atoms with E-state index in [0.29, 0.717) is 30.3 Å². The maximum atomic E-state index is 12.4. The number of primary amides is 1. The van der Waals surface area contributed by atoms with E-state index in [0.717, 1.165) is 4.88 Å². The number of benzene rings is 1. The molecule has 7 nitrogen and oxygen atoms in total. The predicted octanol–water partition coefficient (Wildman–Crippen LogP) is 2.65. The van der Waals surface area contributed by atoms with Crippen LogP contribution < -0.4 is 15.8 Å². The maximum absolute atomic E-state index is 12.4. The third-order valence-electron chi connectivity index (χ3n) is 3.53. The average molecular weight is 370 g/mol. The first-order valence-corrected chi connectivity index (χ1v) is 8.86. The van der Waals surface area contributed by atoms with Gasteiger partial charge in [-0.2, -0.15) is 5.10 Å². The third-order valence-corrected chi connectivity index (χ3v) is 4.38. The Labute approximate surface area is 154 Å². The van der Waals surface area contributed by atoms with Gasteiger partial charge in [-0.05, 0) is 29.6 Å². The van der Waals surface area contributed by atoms with Gasteiger partial charge in [0.1, 0.15) is 12.4 Å². The number of rotatable bonds is 8. The highest BCUT2D eigenvalue weighted by molar-refractivity contribution is 7.09. The number of ether oxygens (including phenoxy) is 1. The lowest BCUT2D eigenvalue weighted by molar-refractivity contribution is -0.118. The molecule has 0 unspecified atom stereocenters. The van der Waals surface area contributed by atoms with E-state index < -0.39 is 5.91 Å². The highest BCUT2D eigenvalue weighted by Gasteiger charge is 2.10. The van der Waals surface area contributed by atoms with E-state index >= 15 is 0 Å². The van der Waals surface area contributed by atoms with Crippen LogP contribution in [0, 0.1) is 0 Å². The summed E-state index contributed by atoms with van der Waals surface area (Å²) >= 11 is 1.62. The van der Waals surface area contributed by atoms with Crippen LogP contribution in [0.3, 0.4) is 0 Å². The molecule has 0 atom stereocenters. The van der Waals surface area contributed by atoms with Crippen molar-refractivity contribution in [3.05, 3.63) is 64.5 Å². The van der Waals surface area contributed by atoms with Crippen molar-refractivity contribution >= 4 is 29.0 Å². The van der Waals surface area contributed by atoms with Crippen LogP contribution in [0.4, 0.5) is 5.82 Å². The van der Waals surface area contributed by atoms with E-state index in [1.54, 1.807) is 46.5 Å². The number of carbonyl (C=O) groups is 2. The molecular weight excluding hydrogens is 352 g/mol. The molecule has 0 aliphatic heterocycles.